The van der Waals surface area contributed by atoms with Crippen LogP contribution in [-0.4, -0.2) is 4.98 Å². The number of aromatic nitrogens is 1. The third-order valence-corrected chi connectivity index (χ3v) is 1.84. The van der Waals surface area contributed by atoms with Crippen LogP contribution in [0.3, 0.4) is 0 Å². The number of aromatic amines is 1. The lowest BCUT2D eigenvalue weighted by Crippen LogP contribution is -2.01. The summed E-state index contributed by atoms with van der Waals surface area (Å²) in [7, 11) is 0. The molecule has 0 saturated heterocycles. The van der Waals surface area contributed by atoms with Crippen LogP contribution in [0.1, 0.15) is 0 Å². The van der Waals surface area contributed by atoms with Gasteiger partial charge in [-0.25, -0.2) is 0 Å². The van der Waals surface area contributed by atoms with Crippen molar-refractivity contribution in [1.82, 2.24) is 4.98 Å². The maximum Gasteiger partial charge on any atom is 0.248 e. The van der Waals surface area contributed by atoms with Gasteiger partial charge in [-0.2, -0.15) is 0 Å². The predicted molar refractivity (Wildman–Crippen MR) is 52.5 cm³/mol. The molecule has 2 aromatic rings. The number of hydrogen-bond acceptors (Lipinski definition) is 1. The van der Waals surface area contributed by atoms with Gasteiger partial charge >= 0.3 is 0 Å². The summed E-state index contributed by atoms with van der Waals surface area (Å²) in [5, 5.41) is 0. The first-order valence-corrected chi connectivity index (χ1v) is 4.05. The Labute approximate surface area is 77.3 Å². The normalized spacial score (nSPS) is 10.9. The van der Waals surface area contributed by atoms with Crippen molar-refractivity contribution in [2.24, 2.45) is 0 Å². The molecule has 0 fully saturated rings. The van der Waals surface area contributed by atoms with Crippen molar-refractivity contribution < 1.29 is 1.41 Å². The standard InChI is InChI=1S/C11H9NO/c13-11-8-10(6-7-12-11)9-4-2-1-3-5-9/h1-8H,(H,12,13)/i/hD. The third kappa shape index (κ3) is 1.67. The quantitative estimate of drug-likeness (QED) is 0.701. The highest BCUT2D eigenvalue weighted by Gasteiger charge is 1.94. The Kier molecular flexibility index (Phi) is 1.68. The van der Waals surface area contributed by atoms with Crippen LogP contribution >= 0.6 is 0 Å². The highest BCUT2D eigenvalue weighted by molar-refractivity contribution is 5.62. The van der Waals surface area contributed by atoms with E-state index in [0.29, 0.717) is 0 Å². The van der Waals surface area contributed by atoms with Crippen molar-refractivity contribution in [2.75, 3.05) is 0 Å². The van der Waals surface area contributed by atoms with E-state index in [9.17, 15) is 4.79 Å². The molecule has 0 radical (unpaired) electrons. The van der Waals surface area contributed by atoms with Gasteiger partial charge in [-0.05, 0) is 17.2 Å². The highest BCUT2D eigenvalue weighted by Crippen LogP contribution is 2.15. The van der Waals surface area contributed by atoms with Crippen molar-refractivity contribution in [3.8, 4) is 11.1 Å². The first-order valence-electron chi connectivity index (χ1n) is 4.49. The Balaban J connectivity index is 2.54. The molecule has 0 amide bonds. The van der Waals surface area contributed by atoms with Crippen molar-refractivity contribution in [3.63, 3.8) is 0 Å². The predicted octanol–water partition coefficient (Wildman–Crippen LogP) is 2.04. The Morgan fingerprint density at radius 1 is 1.08 bits per heavy atom. The molecule has 1 aromatic heterocycles. The minimum Gasteiger partial charge on any atom is -0.329 e. The zero-order chi connectivity index (χ0) is 9.97. The summed E-state index contributed by atoms with van der Waals surface area (Å²) < 4.78 is 7.18. The summed E-state index contributed by atoms with van der Waals surface area (Å²) >= 11 is 0. The van der Waals surface area contributed by atoms with Gasteiger partial charge in [-0.1, -0.05) is 30.3 Å². The Hall–Kier alpha value is -1.83. The van der Waals surface area contributed by atoms with E-state index in [4.69, 9.17) is 1.41 Å². The summed E-state index contributed by atoms with van der Waals surface area (Å²) in [4.78, 5) is 12.0. The van der Waals surface area contributed by atoms with Crippen molar-refractivity contribution >= 4 is 0 Å². The SMILES string of the molecule is [2H]n1ccc(-c2ccccc2)cc1=O. The van der Waals surface area contributed by atoms with Crippen LogP contribution in [0.15, 0.2) is 53.5 Å². The summed E-state index contributed by atoms with van der Waals surface area (Å²) in [6.07, 6.45) is 1.45. The molecular weight excluding hydrogens is 162 g/mol. The molecule has 0 bridgehead atoms. The fourth-order valence-corrected chi connectivity index (χ4v) is 1.22. The molecule has 0 spiro atoms. The topological polar surface area (TPSA) is 32.9 Å². The number of hydrogen-bond donors (Lipinski definition) is 1. The lowest BCUT2D eigenvalue weighted by molar-refractivity contribution is 1.24. The van der Waals surface area contributed by atoms with Gasteiger partial charge in [0.2, 0.25) is 5.56 Å². The fourth-order valence-electron chi connectivity index (χ4n) is 1.22. The molecule has 0 unspecified atom stereocenters. The van der Waals surface area contributed by atoms with E-state index >= 15 is 0 Å². The second-order valence-corrected chi connectivity index (χ2v) is 2.75. The monoisotopic (exact) mass is 172 g/mol. The molecule has 2 rings (SSSR count). The average Bonchev–Trinajstić information content (AvgIpc) is 2.23. The van der Waals surface area contributed by atoms with Gasteiger partial charge in [0.05, 0.1) is 0 Å². The van der Waals surface area contributed by atoms with Crippen LogP contribution in [0, 0.1) is 0 Å². The largest absolute Gasteiger partial charge is 0.329 e. The lowest BCUT2D eigenvalue weighted by atomic mass is 10.1. The summed E-state index contributed by atoms with van der Waals surface area (Å²) in [6, 6.07) is 12.8. The first-order chi connectivity index (χ1) is 6.77. The average molecular weight is 172 g/mol. The minimum atomic E-state index is -0.314. The molecule has 0 aliphatic rings. The molecule has 0 aliphatic carbocycles. The van der Waals surface area contributed by atoms with Crippen LogP contribution in [0.25, 0.3) is 11.1 Å². The highest BCUT2D eigenvalue weighted by atomic mass is 16.1. The Bertz CT molecular complexity index is 490. The van der Waals surface area contributed by atoms with Gasteiger partial charge in [0.25, 0.3) is 0 Å². The van der Waals surface area contributed by atoms with Gasteiger partial charge in [-0.3, -0.25) is 4.79 Å². The van der Waals surface area contributed by atoms with E-state index in [1.165, 1.54) is 12.3 Å². The second-order valence-electron chi connectivity index (χ2n) is 2.75. The molecule has 64 valence electrons. The number of nitrogens with one attached hydrogen (secondary N) is 1. The number of benzene rings is 1. The zero-order valence-corrected chi connectivity index (χ0v) is 6.97. The Morgan fingerprint density at radius 2 is 1.85 bits per heavy atom. The van der Waals surface area contributed by atoms with E-state index in [2.05, 4.69) is 0 Å². The molecule has 1 heterocycles. The molecule has 0 atom stereocenters. The van der Waals surface area contributed by atoms with Crippen molar-refractivity contribution in [3.05, 3.63) is 59.0 Å². The van der Waals surface area contributed by atoms with Crippen LogP contribution in [0.2, 0.25) is 1.41 Å². The van der Waals surface area contributed by atoms with Gasteiger partial charge in [-0.15, -0.1) is 0 Å². The van der Waals surface area contributed by atoms with Gasteiger partial charge in [0, 0.05) is 12.3 Å². The fraction of sp³-hybridized carbons (Fsp3) is 0. The van der Waals surface area contributed by atoms with Crippen LogP contribution in [0.5, 0.6) is 0 Å². The van der Waals surface area contributed by atoms with E-state index in [0.717, 1.165) is 16.1 Å². The summed E-state index contributed by atoms with van der Waals surface area (Å²) in [5.74, 6) is 0. The Morgan fingerprint density at radius 3 is 2.54 bits per heavy atom. The molecule has 0 aliphatic heterocycles. The molecule has 2 heteroatoms. The number of rotatable bonds is 1. The van der Waals surface area contributed by atoms with Gasteiger partial charge < -0.3 is 4.98 Å². The maximum absolute atomic E-state index is 11.2. The number of pyridine rings is 1. The number of H-pyrrole nitrogens is 1. The van der Waals surface area contributed by atoms with Crippen LogP contribution < -0.4 is 5.56 Å². The second kappa shape index (κ2) is 3.27. The summed E-state index contributed by atoms with van der Waals surface area (Å²) in [6.45, 7) is 0. The van der Waals surface area contributed by atoms with Gasteiger partial charge in [0.15, 0.2) is 1.41 Å². The molecular formula is C11H9NO. The van der Waals surface area contributed by atoms with E-state index < -0.39 is 0 Å². The van der Waals surface area contributed by atoms with Crippen LogP contribution in [0.4, 0.5) is 0 Å². The van der Waals surface area contributed by atoms with E-state index in [1.807, 2.05) is 30.3 Å². The van der Waals surface area contributed by atoms with E-state index in [1.54, 1.807) is 6.07 Å². The smallest absolute Gasteiger partial charge is 0.248 e. The summed E-state index contributed by atoms with van der Waals surface area (Å²) in [5.41, 5.74) is 1.52. The molecule has 13 heavy (non-hydrogen) atoms. The van der Waals surface area contributed by atoms with E-state index in [-0.39, 0.29) is 5.56 Å². The third-order valence-electron chi connectivity index (χ3n) is 1.84. The molecule has 2 nitrogen and oxygen atoms in total. The minimum absolute atomic E-state index is 0.314. The lowest BCUT2D eigenvalue weighted by Gasteiger charge is -1.98. The molecule has 1 N–H and O–H groups in total. The van der Waals surface area contributed by atoms with Gasteiger partial charge in [0.1, 0.15) is 0 Å². The maximum atomic E-state index is 11.2. The molecule has 1 aromatic carbocycles. The first kappa shape index (κ1) is 6.66. The van der Waals surface area contributed by atoms with Crippen molar-refractivity contribution in [1.29, 1.82) is 0 Å². The van der Waals surface area contributed by atoms with Crippen LogP contribution in [-0.2, 0) is 0 Å². The zero-order valence-electron chi connectivity index (χ0n) is 7.97. The van der Waals surface area contributed by atoms with Crippen molar-refractivity contribution in [2.45, 2.75) is 0 Å². The molecule has 0 saturated carbocycles.